The van der Waals surface area contributed by atoms with Gasteiger partial charge in [-0.3, -0.25) is 14.5 Å². The van der Waals surface area contributed by atoms with Gasteiger partial charge in [-0.25, -0.2) is 9.37 Å². The number of halogens is 1. The van der Waals surface area contributed by atoms with Crippen LogP contribution in [-0.4, -0.2) is 40.6 Å². The zero-order valence-corrected chi connectivity index (χ0v) is 18.2. The minimum Gasteiger partial charge on any atom is -0.497 e. The van der Waals surface area contributed by atoms with Gasteiger partial charge in [0.05, 0.1) is 22.9 Å². The number of ether oxygens (including phenoxy) is 1. The summed E-state index contributed by atoms with van der Waals surface area (Å²) in [5.74, 6) is -0.295. The number of fused-ring (bicyclic) bond motifs is 1. The number of aromatic nitrogens is 1. The number of carbonyl (C=O) groups excluding carboxylic acids is 2. The summed E-state index contributed by atoms with van der Waals surface area (Å²) in [6.45, 7) is 2.38. The Kier molecular flexibility index (Phi) is 6.23. The first-order valence-corrected chi connectivity index (χ1v) is 11.1. The van der Waals surface area contributed by atoms with E-state index in [9.17, 15) is 14.0 Å². The molecule has 0 radical (unpaired) electrons. The molecule has 1 aliphatic rings. The molecule has 1 aromatic heterocycles. The fourth-order valence-corrected chi connectivity index (χ4v) is 4.95. The normalized spacial score (nSPS) is 16.9. The van der Waals surface area contributed by atoms with E-state index in [-0.39, 0.29) is 11.8 Å². The second-order valence-corrected chi connectivity index (χ2v) is 8.79. The number of thioether (sulfide) groups is 1. The number of methoxy groups -OCH3 is 1. The summed E-state index contributed by atoms with van der Waals surface area (Å²) in [5, 5.41) is 1.37. The van der Waals surface area contributed by atoms with E-state index in [1.165, 1.54) is 40.9 Å². The Labute approximate surface area is 184 Å². The Balaban J connectivity index is 1.59. The van der Waals surface area contributed by atoms with E-state index in [1.807, 2.05) is 31.2 Å². The number of rotatable bonds is 4. The van der Waals surface area contributed by atoms with Crippen molar-refractivity contribution in [3.05, 3.63) is 65.5 Å². The predicted octanol–water partition coefficient (Wildman–Crippen LogP) is 5.00. The molecule has 3 aromatic rings. The highest BCUT2D eigenvalue weighted by Gasteiger charge is 2.32. The fourth-order valence-electron chi connectivity index (χ4n) is 3.75. The number of pyridine rings is 1. The predicted molar refractivity (Wildman–Crippen MR) is 119 cm³/mol. The SMILES string of the molecule is COc1ccc2c(C)cc(S[C@@H]3CCCCN(C(=O)c4ccc(F)cc4)C3=O)nc2c1. The zero-order valence-electron chi connectivity index (χ0n) is 17.4. The maximum atomic E-state index is 13.2. The van der Waals surface area contributed by atoms with Crippen LogP contribution in [0.5, 0.6) is 5.75 Å². The quantitative estimate of drug-likeness (QED) is 0.536. The van der Waals surface area contributed by atoms with Crippen molar-refractivity contribution in [2.24, 2.45) is 0 Å². The van der Waals surface area contributed by atoms with Crippen molar-refractivity contribution in [2.45, 2.75) is 36.5 Å². The Hall–Kier alpha value is -2.93. The third kappa shape index (κ3) is 4.56. The standard InChI is InChI=1S/C24H23FN2O3S/c1-15-13-22(26-20-14-18(30-2)10-11-19(15)20)31-21-5-3-4-12-27(24(21)29)23(28)16-6-8-17(25)9-7-16/h6-11,13-14,21H,3-5,12H2,1-2H3/t21-/m1/s1. The van der Waals surface area contributed by atoms with Crippen LogP contribution in [0.15, 0.2) is 53.6 Å². The first-order valence-electron chi connectivity index (χ1n) is 10.2. The van der Waals surface area contributed by atoms with Crippen LogP contribution < -0.4 is 4.74 Å². The monoisotopic (exact) mass is 438 g/mol. The number of aryl methyl sites for hydroxylation is 1. The van der Waals surface area contributed by atoms with Crippen LogP contribution >= 0.6 is 11.8 Å². The van der Waals surface area contributed by atoms with Gasteiger partial charge in [-0.1, -0.05) is 18.2 Å². The second kappa shape index (κ2) is 9.06. The highest BCUT2D eigenvalue weighted by Crippen LogP contribution is 2.32. The summed E-state index contributed by atoms with van der Waals surface area (Å²) >= 11 is 1.39. The molecule has 5 nitrogen and oxygen atoms in total. The minimum atomic E-state index is -0.415. The fraction of sp³-hybridized carbons (Fsp3) is 0.292. The van der Waals surface area contributed by atoms with E-state index in [0.29, 0.717) is 18.5 Å². The molecule has 0 spiro atoms. The number of carbonyl (C=O) groups is 2. The summed E-state index contributed by atoms with van der Waals surface area (Å²) in [6.07, 6.45) is 2.27. The molecule has 1 fully saturated rings. The van der Waals surface area contributed by atoms with Crippen LogP contribution in [0.3, 0.4) is 0 Å². The lowest BCUT2D eigenvalue weighted by Crippen LogP contribution is -2.41. The van der Waals surface area contributed by atoms with Crippen LogP contribution in [0.4, 0.5) is 4.39 Å². The zero-order chi connectivity index (χ0) is 22.0. The van der Waals surface area contributed by atoms with Gasteiger partial charge in [0.2, 0.25) is 5.91 Å². The van der Waals surface area contributed by atoms with Crippen LogP contribution in [0.25, 0.3) is 10.9 Å². The molecule has 4 rings (SSSR count). The minimum absolute atomic E-state index is 0.220. The van der Waals surface area contributed by atoms with Crippen LogP contribution in [0.2, 0.25) is 0 Å². The highest BCUT2D eigenvalue weighted by atomic mass is 32.2. The second-order valence-electron chi connectivity index (χ2n) is 7.56. The van der Waals surface area contributed by atoms with Crippen LogP contribution in [-0.2, 0) is 4.79 Å². The molecule has 1 saturated heterocycles. The van der Waals surface area contributed by atoms with Gasteiger partial charge >= 0.3 is 0 Å². The largest absolute Gasteiger partial charge is 0.497 e. The molecule has 160 valence electrons. The molecular weight excluding hydrogens is 415 g/mol. The van der Waals surface area contributed by atoms with Gasteiger partial charge in [0, 0.05) is 23.6 Å². The summed E-state index contributed by atoms with van der Waals surface area (Å²) in [4.78, 5) is 32.2. The summed E-state index contributed by atoms with van der Waals surface area (Å²) in [7, 11) is 1.61. The van der Waals surface area contributed by atoms with E-state index in [0.717, 1.165) is 40.1 Å². The molecule has 0 N–H and O–H groups in total. The van der Waals surface area contributed by atoms with E-state index >= 15 is 0 Å². The molecule has 7 heteroatoms. The number of amides is 2. The molecule has 2 aromatic carbocycles. The number of nitrogens with zero attached hydrogens (tertiary/aromatic N) is 2. The van der Waals surface area contributed by atoms with Crippen molar-refractivity contribution in [2.75, 3.05) is 13.7 Å². The Bertz CT molecular complexity index is 1130. The number of benzene rings is 2. The van der Waals surface area contributed by atoms with Gasteiger partial charge in [0.1, 0.15) is 11.6 Å². The number of imide groups is 1. The van der Waals surface area contributed by atoms with E-state index in [4.69, 9.17) is 9.72 Å². The molecule has 1 atom stereocenters. The Morgan fingerprint density at radius 2 is 1.94 bits per heavy atom. The molecule has 0 unspecified atom stereocenters. The van der Waals surface area contributed by atoms with Gasteiger partial charge in [0.15, 0.2) is 0 Å². The van der Waals surface area contributed by atoms with Crippen molar-refractivity contribution in [3.63, 3.8) is 0 Å². The number of likely N-dealkylation sites (tertiary alicyclic amines) is 1. The average Bonchev–Trinajstić information content (AvgIpc) is 2.95. The smallest absolute Gasteiger partial charge is 0.260 e. The molecule has 2 amide bonds. The lowest BCUT2D eigenvalue weighted by atomic mass is 10.1. The first kappa shape index (κ1) is 21.3. The number of hydrogen-bond acceptors (Lipinski definition) is 5. The van der Waals surface area contributed by atoms with Gasteiger partial charge in [-0.05, 0) is 67.8 Å². The maximum Gasteiger partial charge on any atom is 0.260 e. The maximum absolute atomic E-state index is 13.2. The molecule has 1 aliphatic heterocycles. The van der Waals surface area contributed by atoms with Crippen LogP contribution in [0, 0.1) is 12.7 Å². The highest BCUT2D eigenvalue weighted by molar-refractivity contribution is 8.00. The van der Waals surface area contributed by atoms with E-state index < -0.39 is 11.1 Å². The van der Waals surface area contributed by atoms with Gasteiger partial charge in [0.25, 0.3) is 5.91 Å². The lowest BCUT2D eigenvalue weighted by Gasteiger charge is -2.22. The van der Waals surface area contributed by atoms with Crippen LogP contribution in [0.1, 0.15) is 35.2 Å². The molecule has 31 heavy (non-hydrogen) atoms. The van der Waals surface area contributed by atoms with E-state index in [2.05, 4.69) is 0 Å². The molecular formula is C24H23FN2O3S. The molecule has 0 saturated carbocycles. The average molecular weight is 439 g/mol. The summed E-state index contributed by atoms with van der Waals surface area (Å²) in [5.41, 5.74) is 2.19. The third-order valence-electron chi connectivity index (χ3n) is 5.44. The Morgan fingerprint density at radius 3 is 2.68 bits per heavy atom. The van der Waals surface area contributed by atoms with Crippen molar-refractivity contribution < 1.29 is 18.7 Å². The van der Waals surface area contributed by atoms with Crippen molar-refractivity contribution >= 4 is 34.5 Å². The van der Waals surface area contributed by atoms with Gasteiger partial charge in [-0.2, -0.15) is 0 Å². The van der Waals surface area contributed by atoms with Crippen molar-refractivity contribution in [1.29, 1.82) is 0 Å². The summed E-state index contributed by atoms with van der Waals surface area (Å²) < 4.78 is 18.5. The Morgan fingerprint density at radius 1 is 1.16 bits per heavy atom. The van der Waals surface area contributed by atoms with Gasteiger partial charge in [-0.15, -0.1) is 0 Å². The van der Waals surface area contributed by atoms with E-state index in [1.54, 1.807) is 7.11 Å². The lowest BCUT2D eigenvalue weighted by molar-refractivity contribution is -0.127. The van der Waals surface area contributed by atoms with Crippen molar-refractivity contribution in [1.82, 2.24) is 9.88 Å². The molecule has 0 bridgehead atoms. The van der Waals surface area contributed by atoms with Gasteiger partial charge < -0.3 is 4.74 Å². The number of hydrogen-bond donors (Lipinski definition) is 0. The first-order chi connectivity index (χ1) is 15.0. The summed E-state index contributed by atoms with van der Waals surface area (Å²) in [6, 6.07) is 13.0. The molecule has 2 heterocycles. The van der Waals surface area contributed by atoms with Crippen molar-refractivity contribution in [3.8, 4) is 5.75 Å². The third-order valence-corrected chi connectivity index (χ3v) is 6.61. The molecule has 0 aliphatic carbocycles. The topological polar surface area (TPSA) is 59.5 Å².